The van der Waals surface area contributed by atoms with Crippen molar-refractivity contribution in [1.82, 2.24) is 10.2 Å². The van der Waals surface area contributed by atoms with Crippen molar-refractivity contribution >= 4 is 11.9 Å². The maximum Gasteiger partial charge on any atom is 0.307 e. The highest BCUT2D eigenvalue weighted by atomic mass is 19.1. The van der Waals surface area contributed by atoms with Gasteiger partial charge in [0.2, 0.25) is 0 Å². The van der Waals surface area contributed by atoms with Crippen molar-refractivity contribution in [3.63, 3.8) is 0 Å². The van der Waals surface area contributed by atoms with E-state index in [-0.39, 0.29) is 5.75 Å². The zero-order valence-electron chi connectivity index (χ0n) is 10.9. The first-order valence-electron chi connectivity index (χ1n) is 5.82. The molecule has 5 heteroatoms. The molecule has 0 aliphatic heterocycles. The molecule has 0 radical (unpaired) electrons. The van der Waals surface area contributed by atoms with Crippen LogP contribution in [0.15, 0.2) is 42.3 Å². The Morgan fingerprint density at radius 1 is 1.45 bits per heavy atom. The second-order valence-electron chi connectivity index (χ2n) is 4.02. The molecule has 1 aromatic carbocycles. The molecule has 0 aliphatic carbocycles. The Hall–Kier alpha value is -2.69. The number of hydrogen-bond donors (Lipinski definition) is 1. The van der Waals surface area contributed by atoms with Crippen LogP contribution in [0.3, 0.4) is 0 Å². The Balaban J connectivity index is 2.80. The van der Waals surface area contributed by atoms with E-state index in [1.165, 1.54) is 19.4 Å². The number of halogens is 1. The van der Waals surface area contributed by atoms with Gasteiger partial charge in [-0.15, -0.1) is 0 Å². The number of nitrogens with one attached hydrogen (secondary N) is 1. The Morgan fingerprint density at radius 3 is 2.80 bits per heavy atom. The molecule has 1 heterocycles. The molecule has 4 nitrogen and oxygen atoms in total. The lowest BCUT2D eigenvalue weighted by atomic mass is 9.95. The SMILES string of the molecule is C=Cc1c(C(=C)F)cccc1-c1cn[nH]c(=O)c1OC. The van der Waals surface area contributed by atoms with Crippen molar-refractivity contribution in [2.75, 3.05) is 7.11 Å². The molecule has 1 N–H and O–H groups in total. The molecule has 0 fully saturated rings. The van der Waals surface area contributed by atoms with Crippen LogP contribution in [0.1, 0.15) is 11.1 Å². The molecule has 0 aliphatic rings. The molecule has 20 heavy (non-hydrogen) atoms. The first-order valence-corrected chi connectivity index (χ1v) is 5.82. The first kappa shape index (κ1) is 13.7. The fourth-order valence-corrected chi connectivity index (χ4v) is 2.04. The minimum atomic E-state index is -0.571. The van der Waals surface area contributed by atoms with Crippen molar-refractivity contribution < 1.29 is 9.13 Å². The summed E-state index contributed by atoms with van der Waals surface area (Å²) in [5.41, 5.74) is 1.47. The quantitative estimate of drug-likeness (QED) is 0.930. The molecule has 102 valence electrons. The average Bonchev–Trinajstić information content (AvgIpc) is 2.45. The van der Waals surface area contributed by atoms with Crippen LogP contribution < -0.4 is 10.3 Å². The largest absolute Gasteiger partial charge is 0.491 e. The fraction of sp³-hybridized carbons (Fsp3) is 0.0667. The lowest BCUT2D eigenvalue weighted by Crippen LogP contribution is -2.12. The number of methoxy groups -OCH3 is 1. The Labute approximate surface area is 115 Å². The summed E-state index contributed by atoms with van der Waals surface area (Å²) >= 11 is 0. The normalized spacial score (nSPS) is 10.1. The summed E-state index contributed by atoms with van der Waals surface area (Å²) in [6.45, 7) is 6.98. The number of benzene rings is 1. The van der Waals surface area contributed by atoms with Crippen LogP contribution in [0.5, 0.6) is 5.75 Å². The van der Waals surface area contributed by atoms with E-state index >= 15 is 0 Å². The monoisotopic (exact) mass is 272 g/mol. The molecule has 2 rings (SSSR count). The third kappa shape index (κ3) is 2.25. The lowest BCUT2D eigenvalue weighted by Gasteiger charge is -2.12. The van der Waals surface area contributed by atoms with Crippen molar-refractivity contribution in [2.24, 2.45) is 0 Å². The fourth-order valence-electron chi connectivity index (χ4n) is 2.04. The second kappa shape index (κ2) is 5.52. The summed E-state index contributed by atoms with van der Waals surface area (Å²) in [4.78, 5) is 11.7. The van der Waals surface area contributed by atoms with E-state index in [0.29, 0.717) is 22.3 Å². The van der Waals surface area contributed by atoms with E-state index in [0.717, 1.165) is 0 Å². The zero-order chi connectivity index (χ0) is 14.7. The molecule has 0 saturated carbocycles. The third-order valence-electron chi connectivity index (χ3n) is 2.91. The Kier molecular flexibility index (Phi) is 3.79. The van der Waals surface area contributed by atoms with Crippen LogP contribution in [-0.2, 0) is 0 Å². The maximum absolute atomic E-state index is 13.5. The minimum absolute atomic E-state index is 0.115. The van der Waals surface area contributed by atoms with E-state index in [4.69, 9.17) is 4.74 Å². The van der Waals surface area contributed by atoms with Crippen molar-refractivity contribution in [1.29, 1.82) is 0 Å². The van der Waals surface area contributed by atoms with Gasteiger partial charge in [0, 0.05) is 5.56 Å². The van der Waals surface area contributed by atoms with Gasteiger partial charge in [-0.25, -0.2) is 9.49 Å². The molecule has 0 amide bonds. The molecule has 0 unspecified atom stereocenters. The van der Waals surface area contributed by atoms with Gasteiger partial charge in [0.25, 0.3) is 0 Å². The summed E-state index contributed by atoms with van der Waals surface area (Å²) in [5.74, 6) is -0.455. The van der Waals surface area contributed by atoms with Gasteiger partial charge in [0.05, 0.1) is 18.9 Å². The van der Waals surface area contributed by atoms with Crippen LogP contribution in [-0.4, -0.2) is 17.3 Å². The molecule has 0 spiro atoms. The van der Waals surface area contributed by atoms with Crippen LogP contribution >= 0.6 is 0 Å². The van der Waals surface area contributed by atoms with Crippen molar-refractivity contribution in [3.8, 4) is 16.9 Å². The van der Waals surface area contributed by atoms with Gasteiger partial charge in [-0.3, -0.25) is 4.79 Å². The van der Waals surface area contributed by atoms with Gasteiger partial charge < -0.3 is 4.74 Å². The third-order valence-corrected chi connectivity index (χ3v) is 2.91. The molecule has 0 bridgehead atoms. The van der Waals surface area contributed by atoms with E-state index in [1.54, 1.807) is 18.2 Å². The number of rotatable bonds is 4. The highest BCUT2D eigenvalue weighted by molar-refractivity contribution is 5.84. The van der Waals surface area contributed by atoms with Crippen LogP contribution in [0.4, 0.5) is 4.39 Å². The van der Waals surface area contributed by atoms with Gasteiger partial charge in [-0.2, -0.15) is 5.10 Å². The van der Waals surface area contributed by atoms with Crippen molar-refractivity contribution in [2.45, 2.75) is 0 Å². The van der Waals surface area contributed by atoms with E-state index in [2.05, 4.69) is 23.4 Å². The van der Waals surface area contributed by atoms with Gasteiger partial charge in [0.15, 0.2) is 5.75 Å². The molecule has 0 atom stereocenters. The van der Waals surface area contributed by atoms with Gasteiger partial charge >= 0.3 is 5.56 Å². The molecular weight excluding hydrogens is 259 g/mol. The van der Waals surface area contributed by atoms with Crippen LogP contribution in [0, 0.1) is 0 Å². The smallest absolute Gasteiger partial charge is 0.307 e. The number of nitrogens with zero attached hydrogens (tertiary/aromatic N) is 1. The number of hydrogen-bond acceptors (Lipinski definition) is 3. The number of H-pyrrole nitrogens is 1. The minimum Gasteiger partial charge on any atom is -0.491 e. The van der Waals surface area contributed by atoms with Crippen molar-refractivity contribution in [3.05, 3.63) is 59.0 Å². The van der Waals surface area contributed by atoms with Gasteiger partial charge in [-0.05, 0) is 11.1 Å². The Morgan fingerprint density at radius 2 is 2.20 bits per heavy atom. The van der Waals surface area contributed by atoms with E-state index < -0.39 is 11.4 Å². The summed E-state index contributed by atoms with van der Waals surface area (Å²) in [5, 5.41) is 6.04. The Bertz CT molecular complexity index is 735. The van der Waals surface area contributed by atoms with Gasteiger partial charge in [0.1, 0.15) is 5.83 Å². The topological polar surface area (TPSA) is 55.0 Å². The predicted molar refractivity (Wildman–Crippen MR) is 77.1 cm³/mol. The highest BCUT2D eigenvalue weighted by Gasteiger charge is 2.15. The number of ether oxygens (including phenoxy) is 1. The zero-order valence-corrected chi connectivity index (χ0v) is 10.9. The second-order valence-corrected chi connectivity index (χ2v) is 4.02. The van der Waals surface area contributed by atoms with E-state index in [9.17, 15) is 9.18 Å². The maximum atomic E-state index is 13.5. The lowest BCUT2D eigenvalue weighted by molar-refractivity contribution is 0.408. The van der Waals surface area contributed by atoms with E-state index in [1.807, 2.05) is 0 Å². The first-order chi connectivity index (χ1) is 9.60. The summed E-state index contributed by atoms with van der Waals surface area (Å²) in [7, 11) is 1.39. The molecular formula is C15H13FN2O2. The highest BCUT2D eigenvalue weighted by Crippen LogP contribution is 2.33. The molecule has 1 aromatic heterocycles. The number of aromatic nitrogens is 2. The van der Waals surface area contributed by atoms with Gasteiger partial charge in [-0.1, -0.05) is 37.4 Å². The molecule has 0 saturated heterocycles. The number of aromatic amines is 1. The predicted octanol–water partition coefficient (Wildman–Crippen LogP) is 3.03. The molecule has 2 aromatic rings. The summed E-state index contributed by atoms with van der Waals surface area (Å²) < 4.78 is 18.6. The average molecular weight is 272 g/mol. The van der Waals surface area contributed by atoms with Crippen LogP contribution in [0.2, 0.25) is 0 Å². The summed E-state index contributed by atoms with van der Waals surface area (Å²) in [6, 6.07) is 5.00. The van der Waals surface area contributed by atoms with Crippen LogP contribution in [0.25, 0.3) is 23.0 Å². The summed E-state index contributed by atoms with van der Waals surface area (Å²) in [6.07, 6.45) is 2.96. The standard InChI is InChI=1S/C15H13FN2O2/c1-4-10-11(9(2)16)6-5-7-12(10)13-8-17-18-15(19)14(13)20-3/h4-8H,1-2H2,3H3,(H,18,19).